The van der Waals surface area contributed by atoms with Gasteiger partial charge in [-0.3, -0.25) is 9.97 Å². The van der Waals surface area contributed by atoms with Crippen LogP contribution in [0.4, 0.5) is 0 Å². The molecule has 1 aromatic heterocycles. The van der Waals surface area contributed by atoms with Crippen molar-refractivity contribution >= 4 is 17.0 Å². The third kappa shape index (κ3) is 1.98. The molecular weight excluding hydrogens is 216 g/mol. The van der Waals surface area contributed by atoms with E-state index < -0.39 is 5.97 Å². The van der Waals surface area contributed by atoms with Crippen LogP contribution in [-0.4, -0.2) is 21.0 Å². The van der Waals surface area contributed by atoms with Gasteiger partial charge in [0.1, 0.15) is 5.52 Å². The molecular formula is C13H14N2O2. The topological polar surface area (TPSA) is 63.1 Å². The van der Waals surface area contributed by atoms with Gasteiger partial charge in [-0.15, -0.1) is 0 Å². The molecule has 0 saturated carbocycles. The van der Waals surface area contributed by atoms with Crippen LogP contribution in [0.5, 0.6) is 0 Å². The lowest BCUT2D eigenvalue weighted by atomic mass is 9.85. The smallest absolute Gasteiger partial charge is 0.337 e. The monoisotopic (exact) mass is 230 g/mol. The standard InChI is InChI=1S/C13H14N2O2/c1-13(2,3)9-5-4-8(12(16)17)10-11(9)15-7-6-14-10/h4-7H,1-3H3,(H,16,17). The van der Waals surface area contributed by atoms with Crippen molar-refractivity contribution in [2.45, 2.75) is 26.2 Å². The SMILES string of the molecule is CC(C)(C)c1ccc(C(=O)O)c2nccnc12. The first-order valence-electron chi connectivity index (χ1n) is 5.39. The third-order valence-electron chi connectivity index (χ3n) is 2.66. The Morgan fingerprint density at radius 3 is 2.24 bits per heavy atom. The molecule has 0 amide bonds. The molecule has 0 unspecified atom stereocenters. The van der Waals surface area contributed by atoms with Gasteiger partial charge in [-0.25, -0.2) is 4.79 Å². The maximum Gasteiger partial charge on any atom is 0.337 e. The van der Waals surface area contributed by atoms with E-state index in [1.807, 2.05) is 6.07 Å². The van der Waals surface area contributed by atoms with Crippen LogP contribution in [0.1, 0.15) is 36.7 Å². The van der Waals surface area contributed by atoms with Gasteiger partial charge in [-0.2, -0.15) is 0 Å². The number of nitrogens with zero attached hydrogens (tertiary/aromatic N) is 2. The highest BCUT2D eigenvalue weighted by atomic mass is 16.4. The Morgan fingerprint density at radius 1 is 1.12 bits per heavy atom. The van der Waals surface area contributed by atoms with Gasteiger partial charge < -0.3 is 5.11 Å². The zero-order valence-corrected chi connectivity index (χ0v) is 10.1. The largest absolute Gasteiger partial charge is 0.478 e. The average Bonchev–Trinajstić information content (AvgIpc) is 2.26. The minimum Gasteiger partial charge on any atom is -0.478 e. The summed E-state index contributed by atoms with van der Waals surface area (Å²) < 4.78 is 0. The normalized spacial score (nSPS) is 11.7. The molecule has 0 saturated heterocycles. The lowest BCUT2D eigenvalue weighted by Gasteiger charge is -2.20. The summed E-state index contributed by atoms with van der Waals surface area (Å²) >= 11 is 0. The minimum atomic E-state index is -0.976. The van der Waals surface area contributed by atoms with Gasteiger partial charge in [0.05, 0.1) is 11.1 Å². The van der Waals surface area contributed by atoms with Crippen LogP contribution < -0.4 is 0 Å². The molecule has 0 fully saturated rings. The van der Waals surface area contributed by atoms with Gasteiger partial charge in [-0.05, 0) is 17.0 Å². The summed E-state index contributed by atoms with van der Waals surface area (Å²) in [7, 11) is 0. The fourth-order valence-corrected chi connectivity index (χ4v) is 1.83. The molecule has 2 rings (SSSR count). The number of rotatable bonds is 1. The maximum atomic E-state index is 11.1. The Labute approximate surface area is 99.3 Å². The lowest BCUT2D eigenvalue weighted by Crippen LogP contribution is -2.13. The molecule has 1 heterocycles. The zero-order chi connectivity index (χ0) is 12.6. The van der Waals surface area contributed by atoms with Crippen molar-refractivity contribution in [3.63, 3.8) is 0 Å². The van der Waals surface area contributed by atoms with E-state index in [4.69, 9.17) is 5.11 Å². The Hall–Kier alpha value is -1.97. The van der Waals surface area contributed by atoms with E-state index in [0.29, 0.717) is 11.0 Å². The molecule has 0 atom stereocenters. The van der Waals surface area contributed by atoms with Crippen molar-refractivity contribution in [1.82, 2.24) is 9.97 Å². The number of benzene rings is 1. The fraction of sp³-hybridized carbons (Fsp3) is 0.308. The van der Waals surface area contributed by atoms with Crippen molar-refractivity contribution in [3.05, 3.63) is 35.7 Å². The Kier molecular flexibility index (Phi) is 2.58. The summed E-state index contributed by atoms with van der Waals surface area (Å²) in [6, 6.07) is 3.42. The van der Waals surface area contributed by atoms with Gasteiger partial charge in [0, 0.05) is 12.4 Å². The van der Waals surface area contributed by atoms with Crippen LogP contribution in [-0.2, 0) is 5.41 Å². The molecule has 0 aliphatic rings. The molecule has 0 bridgehead atoms. The molecule has 0 spiro atoms. The van der Waals surface area contributed by atoms with E-state index in [9.17, 15) is 4.79 Å². The molecule has 88 valence electrons. The Morgan fingerprint density at radius 2 is 1.71 bits per heavy atom. The van der Waals surface area contributed by atoms with E-state index in [2.05, 4.69) is 30.7 Å². The van der Waals surface area contributed by atoms with Crippen LogP contribution >= 0.6 is 0 Å². The van der Waals surface area contributed by atoms with Gasteiger partial charge in [0.25, 0.3) is 0 Å². The van der Waals surface area contributed by atoms with E-state index in [-0.39, 0.29) is 11.0 Å². The van der Waals surface area contributed by atoms with Crippen LogP contribution in [0.2, 0.25) is 0 Å². The van der Waals surface area contributed by atoms with Crippen LogP contribution in [0.25, 0.3) is 11.0 Å². The number of carbonyl (C=O) groups is 1. The number of fused-ring (bicyclic) bond motifs is 1. The second-order valence-corrected chi connectivity index (χ2v) is 4.97. The second kappa shape index (κ2) is 3.80. The zero-order valence-electron chi connectivity index (χ0n) is 10.1. The Balaban J connectivity index is 2.85. The molecule has 4 nitrogen and oxygen atoms in total. The molecule has 1 aromatic carbocycles. The van der Waals surface area contributed by atoms with Crippen LogP contribution in [0, 0.1) is 0 Å². The first-order chi connectivity index (χ1) is 7.91. The third-order valence-corrected chi connectivity index (χ3v) is 2.66. The molecule has 0 aliphatic heterocycles. The predicted molar refractivity (Wildman–Crippen MR) is 65.2 cm³/mol. The van der Waals surface area contributed by atoms with Crippen LogP contribution in [0.3, 0.4) is 0 Å². The maximum absolute atomic E-state index is 11.1. The van der Waals surface area contributed by atoms with E-state index in [1.54, 1.807) is 12.3 Å². The number of hydrogen-bond acceptors (Lipinski definition) is 3. The molecule has 0 aliphatic carbocycles. The quantitative estimate of drug-likeness (QED) is 0.818. The number of aromatic carboxylic acids is 1. The molecule has 2 aromatic rings. The highest BCUT2D eigenvalue weighted by Gasteiger charge is 2.21. The van der Waals surface area contributed by atoms with Crippen molar-refractivity contribution in [3.8, 4) is 0 Å². The summed E-state index contributed by atoms with van der Waals surface area (Å²) in [5.74, 6) is -0.976. The summed E-state index contributed by atoms with van der Waals surface area (Å²) in [4.78, 5) is 19.5. The van der Waals surface area contributed by atoms with Gasteiger partial charge in [-0.1, -0.05) is 26.8 Å². The number of carboxylic acid groups (broad SMARTS) is 1. The predicted octanol–water partition coefficient (Wildman–Crippen LogP) is 2.63. The van der Waals surface area contributed by atoms with Crippen molar-refractivity contribution in [2.24, 2.45) is 0 Å². The van der Waals surface area contributed by atoms with Gasteiger partial charge >= 0.3 is 5.97 Å². The number of hydrogen-bond donors (Lipinski definition) is 1. The summed E-state index contributed by atoms with van der Waals surface area (Å²) in [5.41, 5.74) is 2.23. The van der Waals surface area contributed by atoms with Crippen molar-refractivity contribution in [1.29, 1.82) is 0 Å². The first kappa shape index (κ1) is 11.5. The highest BCUT2D eigenvalue weighted by Crippen LogP contribution is 2.29. The molecule has 17 heavy (non-hydrogen) atoms. The number of aromatic nitrogens is 2. The number of carboxylic acids is 1. The molecule has 4 heteroatoms. The van der Waals surface area contributed by atoms with E-state index in [0.717, 1.165) is 5.56 Å². The van der Waals surface area contributed by atoms with E-state index >= 15 is 0 Å². The first-order valence-corrected chi connectivity index (χ1v) is 5.39. The van der Waals surface area contributed by atoms with E-state index in [1.165, 1.54) is 6.20 Å². The summed E-state index contributed by atoms with van der Waals surface area (Å²) in [5, 5.41) is 9.11. The Bertz CT molecular complexity index is 585. The minimum absolute atomic E-state index is 0.0919. The lowest BCUT2D eigenvalue weighted by molar-refractivity contribution is 0.0698. The van der Waals surface area contributed by atoms with Crippen LogP contribution in [0.15, 0.2) is 24.5 Å². The molecule has 0 radical (unpaired) electrons. The summed E-state index contributed by atoms with van der Waals surface area (Å²) in [6.45, 7) is 6.20. The van der Waals surface area contributed by atoms with Crippen molar-refractivity contribution < 1.29 is 9.90 Å². The average molecular weight is 230 g/mol. The summed E-state index contributed by atoms with van der Waals surface area (Å²) in [6.07, 6.45) is 3.10. The second-order valence-electron chi connectivity index (χ2n) is 4.97. The van der Waals surface area contributed by atoms with Gasteiger partial charge in [0.2, 0.25) is 0 Å². The molecule has 1 N–H and O–H groups in total. The van der Waals surface area contributed by atoms with Gasteiger partial charge in [0.15, 0.2) is 0 Å². The van der Waals surface area contributed by atoms with Crippen molar-refractivity contribution in [2.75, 3.05) is 0 Å². The fourth-order valence-electron chi connectivity index (χ4n) is 1.83. The highest BCUT2D eigenvalue weighted by molar-refractivity contribution is 6.01.